The van der Waals surface area contributed by atoms with E-state index in [9.17, 15) is 4.79 Å². The van der Waals surface area contributed by atoms with Gasteiger partial charge in [0.15, 0.2) is 0 Å². The third kappa shape index (κ3) is 4.59. The van der Waals surface area contributed by atoms with Crippen molar-refractivity contribution in [1.82, 2.24) is 4.57 Å². The number of hydrogen-bond donors (Lipinski definition) is 1. The molecule has 2 aromatic rings. The van der Waals surface area contributed by atoms with Crippen molar-refractivity contribution in [3.8, 4) is 0 Å². The maximum absolute atomic E-state index is 11.7. The highest BCUT2D eigenvalue weighted by atomic mass is 79.9. The fourth-order valence-corrected chi connectivity index (χ4v) is 2.46. The number of rotatable bonds is 6. The van der Waals surface area contributed by atoms with Crippen LogP contribution in [0.4, 0.5) is 5.69 Å². The highest BCUT2D eigenvalue weighted by Crippen LogP contribution is 2.22. The lowest BCUT2D eigenvalue weighted by Crippen LogP contribution is -2.21. The van der Waals surface area contributed by atoms with Crippen LogP contribution in [0.3, 0.4) is 0 Å². The Morgan fingerprint density at radius 3 is 2.90 bits per heavy atom. The van der Waals surface area contributed by atoms with Gasteiger partial charge in [-0.25, -0.2) is 0 Å². The number of methoxy groups -OCH3 is 1. The van der Waals surface area contributed by atoms with Gasteiger partial charge >= 0.3 is 0 Å². The van der Waals surface area contributed by atoms with Gasteiger partial charge in [0.05, 0.1) is 12.3 Å². The van der Waals surface area contributed by atoms with Gasteiger partial charge < -0.3 is 14.6 Å². The number of benzene rings is 1. The quantitative estimate of drug-likeness (QED) is 0.845. The molecule has 0 fully saturated rings. The van der Waals surface area contributed by atoms with E-state index in [1.807, 2.05) is 18.2 Å². The van der Waals surface area contributed by atoms with Crippen molar-refractivity contribution >= 4 is 33.2 Å². The molecule has 112 valence electrons. The minimum Gasteiger partial charge on any atom is -0.383 e. The SMILES string of the molecule is COCCn1cc(NCc2cc(Cl)ccc2Br)ccc1=O. The van der Waals surface area contributed by atoms with Crippen LogP contribution in [0, 0.1) is 0 Å². The predicted octanol–water partition coefficient (Wildman–Crippen LogP) is 3.52. The fraction of sp³-hybridized carbons (Fsp3) is 0.267. The third-order valence-corrected chi connectivity index (χ3v) is 4.02. The Bertz CT molecular complexity index is 673. The van der Waals surface area contributed by atoms with E-state index in [1.54, 1.807) is 30.0 Å². The molecule has 6 heteroatoms. The zero-order chi connectivity index (χ0) is 15.2. The molecule has 0 atom stereocenters. The molecule has 0 saturated carbocycles. The summed E-state index contributed by atoms with van der Waals surface area (Å²) < 4.78 is 7.61. The highest BCUT2D eigenvalue weighted by Gasteiger charge is 2.03. The molecule has 0 unspecified atom stereocenters. The third-order valence-electron chi connectivity index (χ3n) is 3.01. The molecule has 0 amide bonds. The summed E-state index contributed by atoms with van der Waals surface area (Å²) >= 11 is 9.49. The molecule has 1 aromatic heterocycles. The smallest absolute Gasteiger partial charge is 0.250 e. The van der Waals surface area contributed by atoms with E-state index in [4.69, 9.17) is 16.3 Å². The average Bonchev–Trinajstić information content (AvgIpc) is 2.48. The van der Waals surface area contributed by atoms with E-state index in [-0.39, 0.29) is 5.56 Å². The Balaban J connectivity index is 2.09. The van der Waals surface area contributed by atoms with E-state index in [0.29, 0.717) is 24.7 Å². The van der Waals surface area contributed by atoms with Crippen molar-refractivity contribution in [1.29, 1.82) is 0 Å². The summed E-state index contributed by atoms with van der Waals surface area (Å²) in [6, 6.07) is 8.97. The van der Waals surface area contributed by atoms with Gasteiger partial charge in [-0.05, 0) is 29.8 Å². The summed E-state index contributed by atoms with van der Waals surface area (Å²) in [4.78, 5) is 11.7. The second-order valence-corrected chi connectivity index (χ2v) is 5.82. The number of nitrogens with zero attached hydrogens (tertiary/aromatic N) is 1. The van der Waals surface area contributed by atoms with Crippen LogP contribution in [0.1, 0.15) is 5.56 Å². The predicted molar refractivity (Wildman–Crippen MR) is 89.1 cm³/mol. The first-order valence-electron chi connectivity index (χ1n) is 6.47. The number of halogens is 2. The van der Waals surface area contributed by atoms with Crippen molar-refractivity contribution in [3.63, 3.8) is 0 Å². The number of anilines is 1. The molecule has 1 heterocycles. The van der Waals surface area contributed by atoms with E-state index < -0.39 is 0 Å². The topological polar surface area (TPSA) is 43.3 Å². The summed E-state index contributed by atoms with van der Waals surface area (Å²) in [6.45, 7) is 1.65. The minimum atomic E-state index is -0.0402. The number of nitrogens with one attached hydrogen (secondary N) is 1. The Morgan fingerprint density at radius 1 is 1.33 bits per heavy atom. The molecule has 0 radical (unpaired) electrons. The van der Waals surface area contributed by atoms with Crippen LogP contribution in [-0.2, 0) is 17.8 Å². The molecular weight excluding hydrogens is 356 g/mol. The maximum atomic E-state index is 11.7. The van der Waals surface area contributed by atoms with Gasteiger partial charge in [0.2, 0.25) is 0 Å². The zero-order valence-corrected chi connectivity index (χ0v) is 13.9. The van der Waals surface area contributed by atoms with Crippen LogP contribution in [0.2, 0.25) is 5.02 Å². The van der Waals surface area contributed by atoms with Crippen LogP contribution in [0.25, 0.3) is 0 Å². The van der Waals surface area contributed by atoms with Gasteiger partial charge in [-0.3, -0.25) is 4.79 Å². The lowest BCUT2D eigenvalue weighted by atomic mass is 10.2. The van der Waals surface area contributed by atoms with E-state index in [0.717, 1.165) is 15.7 Å². The summed E-state index contributed by atoms with van der Waals surface area (Å²) in [6.07, 6.45) is 1.79. The number of ether oxygens (including phenoxy) is 1. The number of aromatic nitrogens is 1. The number of hydrogen-bond acceptors (Lipinski definition) is 3. The molecule has 0 spiro atoms. The van der Waals surface area contributed by atoms with Gasteiger partial charge in [-0.2, -0.15) is 0 Å². The van der Waals surface area contributed by atoms with Crippen LogP contribution in [0.5, 0.6) is 0 Å². The van der Waals surface area contributed by atoms with E-state index >= 15 is 0 Å². The second kappa shape index (κ2) is 7.64. The zero-order valence-electron chi connectivity index (χ0n) is 11.6. The molecule has 2 rings (SSSR count). The monoisotopic (exact) mass is 370 g/mol. The Kier molecular flexibility index (Phi) is 5.85. The molecular formula is C15H16BrClN2O2. The summed E-state index contributed by atoms with van der Waals surface area (Å²) in [7, 11) is 1.61. The molecule has 1 aromatic carbocycles. The number of pyridine rings is 1. The Hall–Kier alpha value is -1.30. The molecule has 21 heavy (non-hydrogen) atoms. The van der Waals surface area contributed by atoms with Crippen molar-refractivity contribution < 1.29 is 4.74 Å². The molecule has 0 bridgehead atoms. The summed E-state index contributed by atoms with van der Waals surface area (Å²) in [5.41, 5.74) is 1.89. The van der Waals surface area contributed by atoms with E-state index in [1.165, 1.54) is 0 Å². The summed E-state index contributed by atoms with van der Waals surface area (Å²) in [5.74, 6) is 0. The first-order chi connectivity index (χ1) is 10.1. The molecule has 0 aliphatic heterocycles. The van der Waals surface area contributed by atoms with Gasteiger partial charge in [0.1, 0.15) is 0 Å². The van der Waals surface area contributed by atoms with Crippen molar-refractivity contribution in [2.24, 2.45) is 0 Å². The lowest BCUT2D eigenvalue weighted by molar-refractivity contribution is 0.186. The first kappa shape index (κ1) is 16.1. The average molecular weight is 372 g/mol. The van der Waals surface area contributed by atoms with Crippen molar-refractivity contribution in [2.75, 3.05) is 19.0 Å². The molecule has 1 N–H and O–H groups in total. The lowest BCUT2D eigenvalue weighted by Gasteiger charge is -2.11. The second-order valence-electron chi connectivity index (χ2n) is 4.53. The van der Waals surface area contributed by atoms with Gasteiger partial charge in [0.25, 0.3) is 5.56 Å². The standard InChI is InChI=1S/C15H16BrClN2O2/c1-21-7-6-19-10-13(3-5-15(19)20)18-9-11-8-12(17)2-4-14(11)16/h2-5,8,10,18H,6-7,9H2,1H3. The fourth-order valence-electron chi connectivity index (χ4n) is 1.88. The molecule has 0 saturated heterocycles. The molecule has 0 aliphatic rings. The van der Waals surface area contributed by atoms with Gasteiger partial charge in [-0.15, -0.1) is 0 Å². The minimum absolute atomic E-state index is 0.0402. The van der Waals surface area contributed by atoms with Crippen LogP contribution in [-0.4, -0.2) is 18.3 Å². The van der Waals surface area contributed by atoms with Gasteiger partial charge in [-0.1, -0.05) is 27.5 Å². The molecule has 4 nitrogen and oxygen atoms in total. The Morgan fingerprint density at radius 2 is 2.14 bits per heavy atom. The molecule has 0 aliphatic carbocycles. The normalized spacial score (nSPS) is 10.6. The highest BCUT2D eigenvalue weighted by molar-refractivity contribution is 9.10. The van der Waals surface area contributed by atoms with Crippen molar-refractivity contribution in [3.05, 3.63) is 61.9 Å². The van der Waals surface area contributed by atoms with Crippen LogP contribution >= 0.6 is 27.5 Å². The van der Waals surface area contributed by atoms with Crippen LogP contribution in [0.15, 0.2) is 45.8 Å². The first-order valence-corrected chi connectivity index (χ1v) is 7.64. The maximum Gasteiger partial charge on any atom is 0.250 e. The van der Waals surface area contributed by atoms with Gasteiger partial charge in [0, 0.05) is 42.0 Å². The Labute approximate surface area is 136 Å². The van der Waals surface area contributed by atoms with Crippen molar-refractivity contribution in [2.45, 2.75) is 13.1 Å². The van der Waals surface area contributed by atoms with Crippen LogP contribution < -0.4 is 10.9 Å². The van der Waals surface area contributed by atoms with E-state index in [2.05, 4.69) is 21.2 Å². The largest absolute Gasteiger partial charge is 0.383 e. The summed E-state index contributed by atoms with van der Waals surface area (Å²) in [5, 5.41) is 3.98.